The van der Waals surface area contributed by atoms with Crippen molar-refractivity contribution < 1.29 is 4.74 Å². The Balaban J connectivity index is 1.59. The number of aryl methyl sites for hydroxylation is 1. The molecule has 1 aromatic heterocycles. The predicted molar refractivity (Wildman–Crippen MR) is 95.4 cm³/mol. The smallest absolute Gasteiger partial charge is 0.194 e. The van der Waals surface area contributed by atoms with Crippen LogP contribution in [0.3, 0.4) is 0 Å². The van der Waals surface area contributed by atoms with E-state index in [0.29, 0.717) is 5.92 Å². The molecule has 1 aromatic rings. The van der Waals surface area contributed by atoms with Crippen LogP contribution in [-0.4, -0.2) is 84.6 Å². The average molecular weight is 334 g/mol. The number of rotatable bonds is 4. The van der Waals surface area contributed by atoms with Crippen molar-refractivity contribution in [3.8, 4) is 0 Å². The van der Waals surface area contributed by atoms with E-state index < -0.39 is 0 Å². The molecule has 2 saturated heterocycles. The maximum atomic E-state index is 5.83. The van der Waals surface area contributed by atoms with Crippen LogP contribution in [0.15, 0.2) is 17.4 Å². The number of likely N-dealkylation sites (N-methyl/N-ethyl adjacent to an activating group) is 1. The first-order chi connectivity index (χ1) is 11.7. The van der Waals surface area contributed by atoms with Gasteiger partial charge in [-0.1, -0.05) is 0 Å². The van der Waals surface area contributed by atoms with Crippen molar-refractivity contribution in [2.75, 3.05) is 52.9 Å². The second-order valence-electron chi connectivity index (χ2n) is 6.83. The van der Waals surface area contributed by atoms with Gasteiger partial charge in [-0.15, -0.1) is 0 Å². The molecule has 0 aromatic carbocycles. The fourth-order valence-electron chi connectivity index (χ4n) is 3.47. The Hall–Kier alpha value is -1.60. The summed E-state index contributed by atoms with van der Waals surface area (Å²) in [5.41, 5.74) is 1.33. The number of aromatic nitrogens is 2. The molecule has 3 heterocycles. The maximum Gasteiger partial charge on any atom is 0.194 e. The van der Waals surface area contributed by atoms with Gasteiger partial charge in [0, 0.05) is 51.9 Å². The molecule has 3 rings (SSSR count). The summed E-state index contributed by atoms with van der Waals surface area (Å²) in [6.45, 7) is 8.55. The molecule has 2 fully saturated rings. The second kappa shape index (κ2) is 7.98. The van der Waals surface area contributed by atoms with Gasteiger partial charge in [0.2, 0.25) is 0 Å². The highest BCUT2D eigenvalue weighted by Crippen LogP contribution is 2.26. The molecule has 1 N–H and O–H groups in total. The number of hydrogen-bond acceptors (Lipinski definition) is 4. The molecule has 24 heavy (non-hydrogen) atoms. The summed E-state index contributed by atoms with van der Waals surface area (Å²) in [5.74, 6) is 1.56. The Morgan fingerprint density at radius 1 is 1.38 bits per heavy atom. The Bertz CT molecular complexity index is 557. The highest BCUT2D eigenvalue weighted by molar-refractivity contribution is 5.80. The molecule has 0 amide bonds. The van der Waals surface area contributed by atoms with E-state index in [4.69, 9.17) is 9.73 Å². The molecule has 0 spiro atoms. The maximum absolute atomic E-state index is 5.83. The largest absolute Gasteiger partial charge is 0.374 e. The van der Waals surface area contributed by atoms with Gasteiger partial charge in [0.15, 0.2) is 5.96 Å². The highest BCUT2D eigenvalue weighted by atomic mass is 16.5. The summed E-state index contributed by atoms with van der Waals surface area (Å²) in [6, 6.07) is 0. The molecule has 0 saturated carbocycles. The van der Waals surface area contributed by atoms with Crippen LogP contribution < -0.4 is 5.32 Å². The molecule has 7 heteroatoms. The van der Waals surface area contributed by atoms with Crippen molar-refractivity contribution in [3.63, 3.8) is 0 Å². The van der Waals surface area contributed by atoms with Crippen molar-refractivity contribution in [1.82, 2.24) is 24.9 Å². The molecule has 7 nitrogen and oxygen atoms in total. The molecule has 0 radical (unpaired) electrons. The molecule has 134 valence electrons. The summed E-state index contributed by atoms with van der Waals surface area (Å²) in [5, 5.41) is 7.74. The summed E-state index contributed by atoms with van der Waals surface area (Å²) in [6.07, 6.45) is 5.47. The fraction of sp³-hybridized carbons (Fsp3) is 0.765. The Morgan fingerprint density at radius 3 is 2.96 bits per heavy atom. The van der Waals surface area contributed by atoms with Crippen molar-refractivity contribution >= 4 is 5.96 Å². The van der Waals surface area contributed by atoms with Crippen molar-refractivity contribution in [2.45, 2.75) is 25.4 Å². The van der Waals surface area contributed by atoms with E-state index >= 15 is 0 Å². The van der Waals surface area contributed by atoms with Gasteiger partial charge >= 0.3 is 0 Å². The monoisotopic (exact) mass is 334 g/mol. The first-order valence-corrected chi connectivity index (χ1v) is 8.97. The SMILES string of the molecule is CCNC(=NCC1CN(C)CCO1)N1CCC(c2cnn(C)c2)C1. The topological polar surface area (TPSA) is 57.9 Å². The number of nitrogens with one attached hydrogen (secondary N) is 1. The van der Waals surface area contributed by atoms with Gasteiger partial charge in [-0.2, -0.15) is 5.10 Å². The van der Waals surface area contributed by atoms with Gasteiger partial charge in [0.1, 0.15) is 0 Å². The predicted octanol–water partition coefficient (Wildman–Crippen LogP) is 0.506. The molecule has 2 atom stereocenters. The van der Waals surface area contributed by atoms with Crippen LogP contribution in [0.2, 0.25) is 0 Å². The minimum absolute atomic E-state index is 0.203. The number of aliphatic imine (C=N–C) groups is 1. The third-order valence-electron chi connectivity index (χ3n) is 4.81. The van der Waals surface area contributed by atoms with Gasteiger partial charge in [0.05, 0.1) is 25.5 Å². The van der Waals surface area contributed by atoms with Gasteiger partial charge < -0.3 is 19.9 Å². The van der Waals surface area contributed by atoms with Gasteiger partial charge in [-0.3, -0.25) is 9.67 Å². The first-order valence-electron chi connectivity index (χ1n) is 8.97. The summed E-state index contributed by atoms with van der Waals surface area (Å²) < 4.78 is 7.71. The average Bonchev–Trinajstić information content (AvgIpc) is 3.20. The molecule has 0 bridgehead atoms. The van der Waals surface area contributed by atoms with E-state index in [1.807, 2.05) is 17.9 Å². The molecular formula is C17H30N6O. The Labute approximate surface area is 144 Å². The molecule has 0 aliphatic carbocycles. The van der Waals surface area contributed by atoms with Crippen LogP contribution in [0.4, 0.5) is 0 Å². The van der Waals surface area contributed by atoms with E-state index in [0.717, 1.165) is 58.3 Å². The molecule has 2 unspecified atom stereocenters. The minimum atomic E-state index is 0.203. The molecular weight excluding hydrogens is 304 g/mol. The van der Waals surface area contributed by atoms with E-state index in [1.54, 1.807) is 0 Å². The van der Waals surface area contributed by atoms with Gasteiger partial charge in [-0.25, -0.2) is 0 Å². The lowest BCUT2D eigenvalue weighted by Gasteiger charge is -2.29. The molecule has 2 aliphatic heterocycles. The van der Waals surface area contributed by atoms with E-state index in [-0.39, 0.29) is 6.10 Å². The van der Waals surface area contributed by atoms with E-state index in [1.165, 1.54) is 5.56 Å². The number of ether oxygens (including phenoxy) is 1. The first kappa shape index (κ1) is 17.2. The minimum Gasteiger partial charge on any atom is -0.374 e. The van der Waals surface area contributed by atoms with E-state index in [9.17, 15) is 0 Å². The zero-order valence-electron chi connectivity index (χ0n) is 15.1. The van der Waals surface area contributed by atoms with Crippen LogP contribution in [-0.2, 0) is 11.8 Å². The van der Waals surface area contributed by atoms with Gasteiger partial charge in [-0.05, 0) is 26.0 Å². The number of morpholine rings is 1. The van der Waals surface area contributed by atoms with Crippen molar-refractivity contribution in [1.29, 1.82) is 0 Å². The standard InChI is InChI=1S/C17H30N6O/c1-4-18-17(19-10-16-13-21(2)7-8-24-16)23-6-5-14(12-23)15-9-20-22(3)11-15/h9,11,14,16H,4-8,10,12-13H2,1-3H3,(H,18,19). The van der Waals surface area contributed by atoms with Crippen LogP contribution in [0, 0.1) is 0 Å². The van der Waals surface area contributed by atoms with E-state index in [2.05, 4.69) is 40.4 Å². The quantitative estimate of drug-likeness (QED) is 0.642. The molecule has 2 aliphatic rings. The summed E-state index contributed by atoms with van der Waals surface area (Å²) >= 11 is 0. The number of guanidine groups is 1. The Kier molecular flexibility index (Phi) is 5.73. The summed E-state index contributed by atoms with van der Waals surface area (Å²) in [4.78, 5) is 9.53. The van der Waals surface area contributed by atoms with Crippen molar-refractivity contribution in [2.24, 2.45) is 12.0 Å². The zero-order valence-corrected chi connectivity index (χ0v) is 15.1. The van der Waals surface area contributed by atoms with Gasteiger partial charge in [0.25, 0.3) is 0 Å². The lowest BCUT2D eigenvalue weighted by molar-refractivity contribution is -0.0137. The zero-order chi connectivity index (χ0) is 16.9. The lowest BCUT2D eigenvalue weighted by atomic mass is 10.0. The second-order valence-corrected chi connectivity index (χ2v) is 6.83. The van der Waals surface area contributed by atoms with Crippen molar-refractivity contribution in [3.05, 3.63) is 18.0 Å². The lowest BCUT2D eigenvalue weighted by Crippen LogP contribution is -2.43. The van der Waals surface area contributed by atoms with Crippen LogP contribution >= 0.6 is 0 Å². The van der Waals surface area contributed by atoms with Crippen LogP contribution in [0.1, 0.15) is 24.8 Å². The third-order valence-corrected chi connectivity index (χ3v) is 4.81. The number of hydrogen-bond donors (Lipinski definition) is 1. The number of nitrogens with zero attached hydrogens (tertiary/aromatic N) is 5. The number of likely N-dealkylation sites (tertiary alicyclic amines) is 1. The normalized spacial score (nSPS) is 26.1. The third kappa shape index (κ3) is 4.27. The summed E-state index contributed by atoms with van der Waals surface area (Å²) in [7, 11) is 4.12. The highest BCUT2D eigenvalue weighted by Gasteiger charge is 2.27. The fourth-order valence-corrected chi connectivity index (χ4v) is 3.47. The van der Waals surface area contributed by atoms with Crippen LogP contribution in [0.25, 0.3) is 0 Å². The van der Waals surface area contributed by atoms with Crippen LogP contribution in [0.5, 0.6) is 0 Å². The Morgan fingerprint density at radius 2 is 2.25 bits per heavy atom.